The monoisotopic (exact) mass is 213 g/mol. The summed E-state index contributed by atoms with van der Waals surface area (Å²) in [6, 6.07) is 0. The third kappa shape index (κ3) is 9.74. The molecule has 0 aromatic rings. The van der Waals surface area contributed by atoms with E-state index in [4.69, 9.17) is 15.9 Å². The van der Waals surface area contributed by atoms with Gasteiger partial charge >= 0.3 is 0 Å². The van der Waals surface area contributed by atoms with Crippen LogP contribution in [0.5, 0.6) is 0 Å². The molecule has 0 rings (SSSR count). The van der Waals surface area contributed by atoms with Crippen LogP contribution in [0.1, 0.15) is 33.1 Å². The minimum Gasteiger partial charge on any atom is -0.352 e. The van der Waals surface area contributed by atoms with Gasteiger partial charge in [-0.3, -0.25) is 0 Å². The van der Waals surface area contributed by atoms with Crippen molar-refractivity contribution in [3.63, 3.8) is 0 Å². The molecule has 0 atom stereocenters. The van der Waals surface area contributed by atoms with Crippen molar-refractivity contribution in [2.45, 2.75) is 39.4 Å². The molecule has 3 nitrogen and oxygen atoms in total. The summed E-state index contributed by atoms with van der Waals surface area (Å²) in [6.07, 6.45) is 8.09. The Bertz CT molecular complexity index is 159. The van der Waals surface area contributed by atoms with Crippen molar-refractivity contribution >= 4 is 0 Å². The van der Waals surface area contributed by atoms with E-state index in [-0.39, 0.29) is 6.29 Å². The highest BCUT2D eigenvalue weighted by molar-refractivity contribution is 4.82. The van der Waals surface area contributed by atoms with Crippen molar-refractivity contribution in [1.29, 1.82) is 0 Å². The highest BCUT2D eigenvalue weighted by Crippen LogP contribution is 1.95. The molecule has 3 heteroatoms. The predicted molar refractivity (Wildman–Crippen MR) is 62.6 cm³/mol. The third-order valence-electron chi connectivity index (χ3n) is 1.94. The summed E-state index contributed by atoms with van der Waals surface area (Å²) in [6.45, 7) is 7.03. The van der Waals surface area contributed by atoms with Crippen molar-refractivity contribution in [2.75, 3.05) is 26.3 Å². The Balaban J connectivity index is 3.32. The molecule has 0 radical (unpaired) electrons. The fourth-order valence-corrected chi connectivity index (χ4v) is 1.23. The van der Waals surface area contributed by atoms with Crippen LogP contribution in [0, 0.1) is 12.3 Å². The zero-order valence-corrected chi connectivity index (χ0v) is 9.92. The Kier molecular flexibility index (Phi) is 11.1. The number of hydrogen-bond acceptors (Lipinski definition) is 3. The van der Waals surface area contributed by atoms with Gasteiger partial charge < -0.3 is 14.8 Å². The number of ether oxygens (including phenoxy) is 2. The van der Waals surface area contributed by atoms with E-state index >= 15 is 0 Å². The summed E-state index contributed by atoms with van der Waals surface area (Å²) >= 11 is 0. The standard InChI is InChI=1S/C12H23NO2/c1-4-7-8-9-10-13-11-12(14-5-2)15-6-3/h1,12-13H,5-11H2,2-3H3. The van der Waals surface area contributed by atoms with E-state index in [1.165, 1.54) is 0 Å². The normalized spacial score (nSPS) is 10.5. The first-order valence-corrected chi connectivity index (χ1v) is 5.72. The van der Waals surface area contributed by atoms with Gasteiger partial charge in [-0.05, 0) is 33.2 Å². The Hall–Kier alpha value is -0.560. The molecule has 0 aromatic heterocycles. The third-order valence-corrected chi connectivity index (χ3v) is 1.94. The van der Waals surface area contributed by atoms with Gasteiger partial charge in [-0.15, -0.1) is 12.3 Å². The second kappa shape index (κ2) is 11.5. The molecule has 0 spiro atoms. The zero-order valence-electron chi connectivity index (χ0n) is 9.92. The van der Waals surface area contributed by atoms with Crippen LogP contribution in [-0.2, 0) is 9.47 Å². The second-order valence-corrected chi connectivity index (χ2v) is 3.21. The maximum absolute atomic E-state index is 5.39. The first-order chi connectivity index (χ1) is 7.35. The minimum absolute atomic E-state index is 0.118. The molecule has 0 aromatic carbocycles. The van der Waals surface area contributed by atoms with Gasteiger partial charge in [0.2, 0.25) is 0 Å². The quantitative estimate of drug-likeness (QED) is 0.341. The van der Waals surface area contributed by atoms with Crippen LogP contribution in [0.4, 0.5) is 0 Å². The van der Waals surface area contributed by atoms with Gasteiger partial charge in [-0.1, -0.05) is 0 Å². The Morgan fingerprint density at radius 2 is 1.87 bits per heavy atom. The van der Waals surface area contributed by atoms with Crippen LogP contribution in [0.25, 0.3) is 0 Å². The summed E-state index contributed by atoms with van der Waals surface area (Å²) in [5, 5.41) is 3.30. The maximum Gasteiger partial charge on any atom is 0.169 e. The lowest BCUT2D eigenvalue weighted by atomic mass is 10.2. The summed E-state index contributed by atoms with van der Waals surface area (Å²) < 4.78 is 10.8. The van der Waals surface area contributed by atoms with Gasteiger partial charge in [0.05, 0.1) is 0 Å². The van der Waals surface area contributed by atoms with Crippen LogP contribution in [0.3, 0.4) is 0 Å². The molecular weight excluding hydrogens is 190 g/mol. The maximum atomic E-state index is 5.39. The van der Waals surface area contributed by atoms with E-state index in [9.17, 15) is 0 Å². The van der Waals surface area contributed by atoms with Gasteiger partial charge in [-0.2, -0.15) is 0 Å². The second-order valence-electron chi connectivity index (χ2n) is 3.21. The molecular formula is C12H23NO2. The van der Waals surface area contributed by atoms with Crippen LogP contribution >= 0.6 is 0 Å². The van der Waals surface area contributed by atoms with E-state index in [0.717, 1.165) is 32.4 Å². The van der Waals surface area contributed by atoms with Crippen LogP contribution in [0.2, 0.25) is 0 Å². The molecule has 0 aliphatic heterocycles. The van der Waals surface area contributed by atoms with Crippen molar-refractivity contribution < 1.29 is 9.47 Å². The first kappa shape index (κ1) is 14.4. The van der Waals surface area contributed by atoms with Crippen molar-refractivity contribution in [3.8, 4) is 12.3 Å². The summed E-state index contributed by atoms with van der Waals surface area (Å²) in [5.41, 5.74) is 0. The smallest absolute Gasteiger partial charge is 0.169 e. The Morgan fingerprint density at radius 3 is 2.40 bits per heavy atom. The van der Waals surface area contributed by atoms with E-state index in [1.54, 1.807) is 0 Å². The molecule has 0 aliphatic carbocycles. The summed E-state index contributed by atoms with van der Waals surface area (Å²) in [7, 11) is 0. The molecule has 0 aliphatic rings. The highest BCUT2D eigenvalue weighted by Gasteiger charge is 2.05. The number of terminal acetylenes is 1. The van der Waals surface area contributed by atoms with E-state index < -0.39 is 0 Å². The van der Waals surface area contributed by atoms with Crippen LogP contribution in [0.15, 0.2) is 0 Å². The van der Waals surface area contributed by atoms with Crippen LogP contribution < -0.4 is 5.32 Å². The van der Waals surface area contributed by atoms with Gasteiger partial charge in [0, 0.05) is 26.2 Å². The highest BCUT2D eigenvalue weighted by atomic mass is 16.7. The molecule has 0 fully saturated rings. The Morgan fingerprint density at radius 1 is 1.20 bits per heavy atom. The topological polar surface area (TPSA) is 30.5 Å². The minimum atomic E-state index is -0.118. The fourth-order valence-electron chi connectivity index (χ4n) is 1.23. The zero-order chi connectivity index (χ0) is 11.4. The summed E-state index contributed by atoms with van der Waals surface area (Å²) in [4.78, 5) is 0. The fraction of sp³-hybridized carbons (Fsp3) is 0.833. The van der Waals surface area contributed by atoms with Gasteiger partial charge in [0.15, 0.2) is 6.29 Å². The first-order valence-electron chi connectivity index (χ1n) is 5.72. The lowest BCUT2D eigenvalue weighted by Crippen LogP contribution is -2.32. The van der Waals surface area contributed by atoms with E-state index in [2.05, 4.69) is 11.2 Å². The molecule has 1 N–H and O–H groups in total. The van der Waals surface area contributed by atoms with Gasteiger partial charge in [-0.25, -0.2) is 0 Å². The molecule has 88 valence electrons. The van der Waals surface area contributed by atoms with Gasteiger partial charge in [0.1, 0.15) is 0 Å². The molecule has 0 unspecified atom stereocenters. The number of hydrogen-bond donors (Lipinski definition) is 1. The lowest BCUT2D eigenvalue weighted by molar-refractivity contribution is -0.132. The average molecular weight is 213 g/mol. The Labute approximate surface area is 93.5 Å². The predicted octanol–water partition coefficient (Wildman–Crippen LogP) is 1.78. The molecule has 0 heterocycles. The molecule has 0 amide bonds. The van der Waals surface area contributed by atoms with Gasteiger partial charge in [0.25, 0.3) is 0 Å². The summed E-state index contributed by atoms with van der Waals surface area (Å²) in [5.74, 6) is 2.63. The number of nitrogens with one attached hydrogen (secondary N) is 1. The number of rotatable bonds is 10. The van der Waals surface area contributed by atoms with Crippen molar-refractivity contribution in [1.82, 2.24) is 5.32 Å². The molecule has 15 heavy (non-hydrogen) atoms. The largest absolute Gasteiger partial charge is 0.352 e. The SMILES string of the molecule is C#CCCCCNCC(OCC)OCC. The molecule has 0 saturated carbocycles. The lowest BCUT2D eigenvalue weighted by Gasteiger charge is -2.17. The number of unbranched alkanes of at least 4 members (excludes halogenated alkanes) is 2. The van der Waals surface area contributed by atoms with Crippen molar-refractivity contribution in [3.05, 3.63) is 0 Å². The van der Waals surface area contributed by atoms with E-state index in [1.807, 2.05) is 13.8 Å². The molecule has 0 saturated heterocycles. The van der Waals surface area contributed by atoms with E-state index in [0.29, 0.717) is 13.2 Å². The average Bonchev–Trinajstić information content (AvgIpc) is 2.24. The van der Waals surface area contributed by atoms with Crippen LogP contribution in [-0.4, -0.2) is 32.6 Å². The van der Waals surface area contributed by atoms with Crippen molar-refractivity contribution in [2.24, 2.45) is 0 Å². The molecule has 0 bridgehead atoms.